The number of nitrogens with one attached hydrogen (secondary N) is 1. The van der Waals surface area contributed by atoms with Crippen LogP contribution in [0.15, 0.2) is 0 Å². The average molecular weight is 289 g/mol. The molecule has 0 spiro atoms. The van der Waals surface area contributed by atoms with Crippen LogP contribution in [0.25, 0.3) is 0 Å². The van der Waals surface area contributed by atoms with Crippen molar-refractivity contribution in [3.63, 3.8) is 0 Å². The van der Waals surface area contributed by atoms with Crippen molar-refractivity contribution in [2.45, 2.75) is 70.4 Å². The molecule has 0 fully saturated rings. The zero-order valence-corrected chi connectivity index (χ0v) is 12.2. The first-order valence-electron chi connectivity index (χ1n) is 7.32. The smallest absolute Gasteiger partial charge is 0.326 e. The summed E-state index contributed by atoms with van der Waals surface area (Å²) in [6.45, 7) is 1.82. The lowest BCUT2D eigenvalue weighted by atomic mass is 10.1. The van der Waals surface area contributed by atoms with E-state index in [1.165, 1.54) is 6.42 Å². The fourth-order valence-electron chi connectivity index (χ4n) is 1.94. The molecule has 118 valence electrons. The van der Waals surface area contributed by atoms with Crippen LogP contribution < -0.4 is 5.32 Å². The van der Waals surface area contributed by atoms with Crippen molar-refractivity contribution < 1.29 is 24.9 Å². The number of rotatable bonds is 12. The van der Waals surface area contributed by atoms with Gasteiger partial charge in [-0.3, -0.25) is 4.79 Å². The van der Waals surface area contributed by atoms with Crippen LogP contribution in [0.4, 0.5) is 0 Å². The third-order valence-electron chi connectivity index (χ3n) is 3.11. The molecule has 1 unspecified atom stereocenters. The summed E-state index contributed by atoms with van der Waals surface area (Å²) in [5.74, 6) is -1.67. The number of carbonyl (C=O) groups is 2. The van der Waals surface area contributed by atoms with E-state index in [1.807, 2.05) is 0 Å². The van der Waals surface area contributed by atoms with Crippen molar-refractivity contribution in [3.8, 4) is 0 Å². The molecule has 0 bridgehead atoms. The predicted molar refractivity (Wildman–Crippen MR) is 75.3 cm³/mol. The van der Waals surface area contributed by atoms with Crippen molar-refractivity contribution in [3.05, 3.63) is 0 Å². The molecular formula is C14H27NO5. The molecule has 0 aliphatic heterocycles. The van der Waals surface area contributed by atoms with Gasteiger partial charge < -0.3 is 20.6 Å². The summed E-state index contributed by atoms with van der Waals surface area (Å²) in [5.41, 5.74) is 0. The maximum atomic E-state index is 11.6. The maximum absolute atomic E-state index is 11.6. The molecule has 0 heterocycles. The first-order valence-corrected chi connectivity index (χ1v) is 7.32. The number of carboxylic acid groups (broad SMARTS) is 1. The second kappa shape index (κ2) is 11.7. The van der Waals surface area contributed by atoms with Crippen LogP contribution in [0.2, 0.25) is 0 Å². The average Bonchev–Trinajstić information content (AvgIpc) is 2.37. The maximum Gasteiger partial charge on any atom is 0.326 e. The highest BCUT2D eigenvalue weighted by atomic mass is 16.4. The van der Waals surface area contributed by atoms with E-state index < -0.39 is 24.0 Å². The van der Waals surface area contributed by atoms with Crippen molar-refractivity contribution in [1.82, 2.24) is 5.32 Å². The highest BCUT2D eigenvalue weighted by molar-refractivity contribution is 5.83. The summed E-state index contributed by atoms with van der Waals surface area (Å²) in [7, 11) is 0. The van der Waals surface area contributed by atoms with Crippen LogP contribution in [0.1, 0.15) is 58.3 Å². The largest absolute Gasteiger partial charge is 0.480 e. The molecule has 0 rings (SSSR count). The van der Waals surface area contributed by atoms with Crippen LogP contribution in [0.5, 0.6) is 0 Å². The van der Waals surface area contributed by atoms with Gasteiger partial charge in [0.05, 0.1) is 12.5 Å². The number of carboxylic acids is 1. The summed E-state index contributed by atoms with van der Waals surface area (Å²) in [5, 5.41) is 29.5. The fraction of sp³-hybridized carbons (Fsp3) is 0.857. The Morgan fingerprint density at radius 2 is 1.75 bits per heavy atom. The van der Waals surface area contributed by atoms with Crippen LogP contribution >= 0.6 is 0 Å². The van der Waals surface area contributed by atoms with Crippen LogP contribution in [0.3, 0.4) is 0 Å². The minimum atomic E-state index is -1.18. The Balaban J connectivity index is 3.85. The molecule has 1 amide bonds. The van der Waals surface area contributed by atoms with Crippen molar-refractivity contribution in [2.75, 3.05) is 6.61 Å². The number of carbonyl (C=O) groups excluding carboxylic acids is 1. The highest BCUT2D eigenvalue weighted by Gasteiger charge is 2.20. The second-order valence-corrected chi connectivity index (χ2v) is 5.03. The van der Waals surface area contributed by atoms with Gasteiger partial charge in [0.15, 0.2) is 0 Å². The Labute approximate surface area is 120 Å². The van der Waals surface area contributed by atoms with E-state index in [4.69, 9.17) is 10.2 Å². The summed E-state index contributed by atoms with van der Waals surface area (Å²) in [6.07, 6.45) is 5.06. The Hall–Kier alpha value is -1.14. The molecule has 0 radical (unpaired) electrons. The van der Waals surface area contributed by atoms with Gasteiger partial charge in [0, 0.05) is 13.0 Å². The van der Waals surface area contributed by atoms with Crippen LogP contribution in [-0.2, 0) is 9.59 Å². The molecule has 20 heavy (non-hydrogen) atoms. The van der Waals surface area contributed by atoms with E-state index in [2.05, 4.69) is 12.2 Å². The van der Waals surface area contributed by atoms with Gasteiger partial charge >= 0.3 is 5.97 Å². The molecule has 2 atom stereocenters. The Bertz CT molecular complexity index is 283. The van der Waals surface area contributed by atoms with Gasteiger partial charge in [-0.05, 0) is 6.42 Å². The van der Waals surface area contributed by atoms with Gasteiger partial charge in [0.2, 0.25) is 5.91 Å². The lowest BCUT2D eigenvalue weighted by molar-refractivity contribution is -0.142. The monoisotopic (exact) mass is 289 g/mol. The zero-order chi connectivity index (χ0) is 15.4. The lowest BCUT2D eigenvalue weighted by Crippen LogP contribution is -2.42. The molecule has 0 aromatic rings. The normalized spacial score (nSPS) is 13.8. The predicted octanol–water partition coefficient (Wildman–Crippen LogP) is 1.05. The summed E-state index contributed by atoms with van der Waals surface area (Å²) >= 11 is 0. The van der Waals surface area contributed by atoms with Crippen LogP contribution in [0, 0.1) is 0 Å². The first-order chi connectivity index (χ1) is 9.51. The number of hydrogen-bond donors (Lipinski definition) is 4. The van der Waals surface area contributed by atoms with Gasteiger partial charge in [-0.1, -0.05) is 39.0 Å². The fourth-order valence-corrected chi connectivity index (χ4v) is 1.94. The minimum absolute atomic E-state index is 0.0335. The molecule has 4 N–H and O–H groups in total. The Kier molecular flexibility index (Phi) is 11.0. The number of unbranched alkanes of at least 4 members (excludes halogenated alkanes) is 4. The second-order valence-electron chi connectivity index (χ2n) is 5.03. The molecule has 0 aromatic carbocycles. The number of hydrogen-bond acceptors (Lipinski definition) is 4. The molecule has 0 aliphatic carbocycles. The third-order valence-corrected chi connectivity index (χ3v) is 3.11. The van der Waals surface area contributed by atoms with Gasteiger partial charge in [0.25, 0.3) is 0 Å². The van der Waals surface area contributed by atoms with E-state index >= 15 is 0 Å². The van der Waals surface area contributed by atoms with Gasteiger partial charge in [-0.15, -0.1) is 0 Å². The third kappa shape index (κ3) is 9.75. The SMILES string of the molecule is CCCCCCCC(O)CC(=O)N[C@@H](CCO)C(=O)O. The van der Waals surface area contributed by atoms with Crippen LogP contribution in [-0.4, -0.2) is 45.9 Å². The number of aliphatic hydroxyl groups excluding tert-OH is 2. The molecule has 6 heteroatoms. The summed E-state index contributed by atoms with van der Waals surface area (Å²) in [4.78, 5) is 22.4. The quantitative estimate of drug-likeness (QED) is 0.402. The molecule has 0 saturated carbocycles. The van der Waals surface area contributed by atoms with E-state index in [0.29, 0.717) is 6.42 Å². The van der Waals surface area contributed by atoms with E-state index in [1.54, 1.807) is 0 Å². The van der Waals surface area contributed by atoms with E-state index in [-0.39, 0.29) is 19.4 Å². The topological polar surface area (TPSA) is 107 Å². The van der Waals surface area contributed by atoms with Gasteiger partial charge in [-0.2, -0.15) is 0 Å². The molecule has 6 nitrogen and oxygen atoms in total. The van der Waals surface area contributed by atoms with Gasteiger partial charge in [-0.25, -0.2) is 4.79 Å². The summed E-state index contributed by atoms with van der Waals surface area (Å²) < 4.78 is 0. The lowest BCUT2D eigenvalue weighted by Gasteiger charge is -2.15. The minimum Gasteiger partial charge on any atom is -0.480 e. The number of aliphatic carboxylic acids is 1. The standard InChI is InChI=1S/C14H27NO5/c1-2-3-4-5-6-7-11(17)10-13(18)15-12(8-9-16)14(19)20/h11-12,16-17H,2-10H2,1H3,(H,15,18)(H,19,20)/t11?,12-/m0/s1. The summed E-state index contributed by atoms with van der Waals surface area (Å²) in [6, 6.07) is -1.09. The molecule has 0 saturated heterocycles. The van der Waals surface area contributed by atoms with Crippen molar-refractivity contribution in [2.24, 2.45) is 0 Å². The highest BCUT2D eigenvalue weighted by Crippen LogP contribution is 2.09. The molecule has 0 aromatic heterocycles. The van der Waals surface area contributed by atoms with Crippen molar-refractivity contribution >= 4 is 11.9 Å². The molecular weight excluding hydrogens is 262 g/mol. The van der Waals surface area contributed by atoms with E-state index in [0.717, 1.165) is 25.7 Å². The van der Waals surface area contributed by atoms with E-state index in [9.17, 15) is 14.7 Å². The van der Waals surface area contributed by atoms with Gasteiger partial charge in [0.1, 0.15) is 6.04 Å². The molecule has 0 aliphatic rings. The first kappa shape index (κ1) is 18.9. The van der Waals surface area contributed by atoms with Crippen molar-refractivity contribution in [1.29, 1.82) is 0 Å². The Morgan fingerprint density at radius 3 is 2.30 bits per heavy atom. The number of aliphatic hydroxyl groups is 2. The Morgan fingerprint density at radius 1 is 1.10 bits per heavy atom. The number of amides is 1. The zero-order valence-electron chi connectivity index (χ0n) is 12.2.